The summed E-state index contributed by atoms with van der Waals surface area (Å²) in [5.41, 5.74) is 1.38. The molecule has 0 fully saturated rings. The number of benzene rings is 2. The highest BCUT2D eigenvalue weighted by atomic mass is 35.5. The Morgan fingerprint density at radius 2 is 1.84 bits per heavy atom. The lowest BCUT2D eigenvalue weighted by Crippen LogP contribution is -2.21. The Balaban J connectivity index is 1.79. The van der Waals surface area contributed by atoms with E-state index in [4.69, 9.17) is 27.9 Å². The maximum atomic E-state index is 12.0. The van der Waals surface area contributed by atoms with E-state index >= 15 is 0 Å². The summed E-state index contributed by atoms with van der Waals surface area (Å²) < 4.78 is 5.67. The number of carbonyl (C=O) groups excluding carboxylic acids is 1. The molecule has 0 aromatic heterocycles. The van der Waals surface area contributed by atoms with Gasteiger partial charge in [-0.15, -0.1) is 0 Å². The van der Waals surface area contributed by atoms with E-state index in [-0.39, 0.29) is 12.5 Å². The lowest BCUT2D eigenvalue weighted by Gasteiger charge is -2.11. The fourth-order valence-corrected chi connectivity index (χ4v) is 2.50. The zero-order chi connectivity index (χ0) is 18.2. The molecule has 0 aliphatic carbocycles. The Morgan fingerprint density at radius 3 is 2.48 bits per heavy atom. The SMILES string of the molecule is CC(C)CCOc1ccc(NCC(=O)Nc2ccc(Cl)cc2Cl)cc1. The second-order valence-electron chi connectivity index (χ2n) is 6.08. The van der Waals surface area contributed by atoms with Crippen molar-refractivity contribution in [1.82, 2.24) is 0 Å². The van der Waals surface area contributed by atoms with Gasteiger partial charge < -0.3 is 15.4 Å². The molecular formula is C19H22Cl2N2O2. The minimum absolute atomic E-state index is 0.131. The van der Waals surface area contributed by atoms with E-state index in [1.807, 2.05) is 24.3 Å². The second kappa shape index (κ2) is 9.54. The van der Waals surface area contributed by atoms with Crippen LogP contribution in [0, 0.1) is 5.92 Å². The van der Waals surface area contributed by atoms with Gasteiger partial charge >= 0.3 is 0 Å². The fraction of sp³-hybridized carbons (Fsp3) is 0.316. The number of hydrogen-bond acceptors (Lipinski definition) is 3. The zero-order valence-corrected chi connectivity index (χ0v) is 15.8. The molecule has 0 aliphatic heterocycles. The minimum atomic E-state index is -0.193. The molecule has 0 heterocycles. The van der Waals surface area contributed by atoms with Crippen LogP contribution in [0.3, 0.4) is 0 Å². The minimum Gasteiger partial charge on any atom is -0.494 e. The molecule has 0 aliphatic rings. The largest absolute Gasteiger partial charge is 0.494 e. The number of rotatable bonds is 8. The molecule has 6 heteroatoms. The Bertz CT molecular complexity index is 703. The van der Waals surface area contributed by atoms with Crippen molar-refractivity contribution in [2.24, 2.45) is 5.92 Å². The van der Waals surface area contributed by atoms with Gasteiger partial charge in [-0.25, -0.2) is 0 Å². The highest BCUT2D eigenvalue weighted by Crippen LogP contribution is 2.25. The van der Waals surface area contributed by atoms with Crippen molar-refractivity contribution >= 4 is 40.5 Å². The lowest BCUT2D eigenvalue weighted by atomic mass is 10.1. The molecule has 2 aromatic carbocycles. The molecule has 0 atom stereocenters. The molecule has 0 bridgehead atoms. The first-order valence-corrected chi connectivity index (χ1v) is 8.91. The maximum Gasteiger partial charge on any atom is 0.243 e. The smallest absolute Gasteiger partial charge is 0.243 e. The van der Waals surface area contributed by atoms with E-state index in [9.17, 15) is 4.79 Å². The Kier molecular flexibility index (Phi) is 7.41. The van der Waals surface area contributed by atoms with E-state index in [2.05, 4.69) is 24.5 Å². The Morgan fingerprint density at radius 1 is 1.12 bits per heavy atom. The van der Waals surface area contributed by atoms with E-state index < -0.39 is 0 Å². The Labute approximate surface area is 158 Å². The van der Waals surface area contributed by atoms with Gasteiger partial charge in [0.1, 0.15) is 5.75 Å². The van der Waals surface area contributed by atoms with Crippen LogP contribution in [0.4, 0.5) is 11.4 Å². The molecule has 134 valence electrons. The highest BCUT2D eigenvalue weighted by molar-refractivity contribution is 6.36. The summed E-state index contributed by atoms with van der Waals surface area (Å²) in [7, 11) is 0. The van der Waals surface area contributed by atoms with Gasteiger partial charge in [-0.3, -0.25) is 4.79 Å². The second-order valence-corrected chi connectivity index (χ2v) is 6.92. The first-order valence-electron chi connectivity index (χ1n) is 8.15. The van der Waals surface area contributed by atoms with Gasteiger partial charge in [0.25, 0.3) is 0 Å². The van der Waals surface area contributed by atoms with Crippen LogP contribution < -0.4 is 15.4 Å². The average molecular weight is 381 g/mol. The standard InChI is InChI=1S/C19H22Cl2N2O2/c1-13(2)9-10-25-16-6-4-15(5-7-16)22-12-19(24)23-18-8-3-14(20)11-17(18)21/h3-8,11,13,22H,9-10,12H2,1-2H3,(H,23,24). The van der Waals surface area contributed by atoms with Gasteiger partial charge in [-0.1, -0.05) is 37.0 Å². The number of nitrogens with one attached hydrogen (secondary N) is 2. The molecule has 2 N–H and O–H groups in total. The number of hydrogen-bond donors (Lipinski definition) is 2. The monoisotopic (exact) mass is 380 g/mol. The van der Waals surface area contributed by atoms with Crippen LogP contribution in [0.15, 0.2) is 42.5 Å². The predicted octanol–water partition coefficient (Wildman–Crippen LogP) is 5.47. The number of anilines is 2. The van der Waals surface area contributed by atoms with Crippen LogP contribution in [-0.2, 0) is 4.79 Å². The molecule has 0 saturated carbocycles. The lowest BCUT2D eigenvalue weighted by molar-refractivity contribution is -0.114. The van der Waals surface area contributed by atoms with Crippen molar-refractivity contribution in [1.29, 1.82) is 0 Å². The molecule has 4 nitrogen and oxygen atoms in total. The topological polar surface area (TPSA) is 50.4 Å². The van der Waals surface area contributed by atoms with Gasteiger partial charge in [0.2, 0.25) is 5.91 Å². The van der Waals surface area contributed by atoms with E-state index in [0.29, 0.717) is 28.3 Å². The van der Waals surface area contributed by atoms with E-state index in [1.165, 1.54) is 0 Å². The first-order chi connectivity index (χ1) is 11.9. The van der Waals surface area contributed by atoms with Crippen LogP contribution in [0.2, 0.25) is 10.0 Å². The summed E-state index contributed by atoms with van der Waals surface area (Å²) in [5, 5.41) is 6.73. The van der Waals surface area contributed by atoms with E-state index in [0.717, 1.165) is 17.9 Å². The van der Waals surface area contributed by atoms with Crippen LogP contribution in [0.1, 0.15) is 20.3 Å². The van der Waals surface area contributed by atoms with E-state index in [1.54, 1.807) is 18.2 Å². The fourth-order valence-electron chi connectivity index (χ4n) is 2.05. The third-order valence-corrected chi connectivity index (χ3v) is 4.02. The van der Waals surface area contributed by atoms with Crippen molar-refractivity contribution in [3.05, 3.63) is 52.5 Å². The average Bonchev–Trinajstić information content (AvgIpc) is 2.56. The predicted molar refractivity (Wildman–Crippen MR) is 105 cm³/mol. The Hall–Kier alpha value is -1.91. The van der Waals surface area contributed by atoms with Crippen LogP contribution in [0.25, 0.3) is 0 Å². The van der Waals surface area contributed by atoms with Crippen molar-refractivity contribution in [3.8, 4) is 5.75 Å². The quantitative estimate of drug-likeness (QED) is 0.638. The van der Waals surface area contributed by atoms with Gasteiger partial charge in [0, 0.05) is 10.7 Å². The summed E-state index contributed by atoms with van der Waals surface area (Å²) in [4.78, 5) is 12.0. The summed E-state index contributed by atoms with van der Waals surface area (Å²) in [5.74, 6) is 1.25. The molecule has 2 aromatic rings. The van der Waals surface area contributed by atoms with Crippen LogP contribution >= 0.6 is 23.2 Å². The summed E-state index contributed by atoms with van der Waals surface area (Å²) >= 11 is 11.9. The molecular weight excluding hydrogens is 359 g/mol. The number of ether oxygens (including phenoxy) is 1. The molecule has 0 radical (unpaired) electrons. The number of halogens is 2. The number of amides is 1. The van der Waals surface area contributed by atoms with Crippen molar-refractivity contribution in [2.75, 3.05) is 23.8 Å². The normalized spacial score (nSPS) is 10.6. The molecule has 2 rings (SSSR count). The third-order valence-electron chi connectivity index (χ3n) is 3.48. The highest BCUT2D eigenvalue weighted by Gasteiger charge is 2.06. The van der Waals surface area contributed by atoms with Gasteiger partial charge in [-0.2, -0.15) is 0 Å². The summed E-state index contributed by atoms with van der Waals surface area (Å²) in [6.45, 7) is 5.17. The summed E-state index contributed by atoms with van der Waals surface area (Å²) in [6, 6.07) is 12.5. The van der Waals surface area contributed by atoms with Crippen molar-refractivity contribution in [3.63, 3.8) is 0 Å². The van der Waals surface area contributed by atoms with Gasteiger partial charge in [0.05, 0.1) is 23.9 Å². The number of carbonyl (C=O) groups is 1. The molecule has 0 unspecified atom stereocenters. The molecule has 25 heavy (non-hydrogen) atoms. The van der Waals surface area contributed by atoms with Crippen molar-refractivity contribution in [2.45, 2.75) is 20.3 Å². The van der Waals surface area contributed by atoms with Crippen LogP contribution in [0.5, 0.6) is 5.75 Å². The van der Waals surface area contributed by atoms with Crippen molar-refractivity contribution < 1.29 is 9.53 Å². The molecule has 0 saturated heterocycles. The molecule has 1 amide bonds. The maximum absolute atomic E-state index is 12.0. The molecule has 0 spiro atoms. The third kappa shape index (κ3) is 6.85. The van der Waals surface area contributed by atoms with Gasteiger partial charge in [0.15, 0.2) is 0 Å². The summed E-state index contributed by atoms with van der Waals surface area (Å²) in [6.07, 6.45) is 1.02. The van der Waals surface area contributed by atoms with Crippen LogP contribution in [-0.4, -0.2) is 19.1 Å². The first kappa shape index (κ1) is 19.4. The van der Waals surface area contributed by atoms with Gasteiger partial charge in [-0.05, 0) is 54.8 Å². The zero-order valence-electron chi connectivity index (χ0n) is 14.3.